The molecule has 5 nitrogen and oxygen atoms in total. The van der Waals surface area contributed by atoms with Crippen molar-refractivity contribution in [2.75, 3.05) is 25.4 Å². The molecule has 0 atom stereocenters. The normalized spacial score (nSPS) is 16.3. The summed E-state index contributed by atoms with van der Waals surface area (Å²) >= 11 is 0. The Bertz CT molecular complexity index is 88.7. The second-order valence-electron chi connectivity index (χ2n) is 2.47. The molecule has 0 unspecified atom stereocenters. The molecule has 5 N–H and O–H groups in total. The first-order valence-corrected chi connectivity index (χ1v) is 5.66. The molecule has 0 fully saturated rings. The molecule has 0 aliphatic heterocycles. The van der Waals surface area contributed by atoms with E-state index in [-0.39, 0.29) is 0 Å². The Kier molecular flexibility index (Phi) is 3.16. The van der Waals surface area contributed by atoms with Crippen molar-refractivity contribution in [1.29, 1.82) is 0 Å². The predicted octanol–water partition coefficient (Wildman–Crippen LogP) is -1.75. The summed E-state index contributed by atoms with van der Waals surface area (Å²) in [4.78, 5) is 9.34. The molecule has 0 rings (SSSR count). The first kappa shape index (κ1) is 10.2. The molecular weight excluding hydrogens is 159 g/mol. The number of rotatable bonds is 4. The fourth-order valence-corrected chi connectivity index (χ4v) is 0.805. The Morgan fingerprint density at radius 1 is 0.700 bits per heavy atom. The fraction of sp³-hybridized carbons (Fsp3) is 1.00. The van der Waals surface area contributed by atoms with Crippen LogP contribution < -0.4 is 0 Å². The van der Waals surface area contributed by atoms with Gasteiger partial charge in [0.1, 0.15) is 0 Å². The molecule has 6 heteroatoms. The molecule has 0 amide bonds. The van der Waals surface area contributed by atoms with E-state index in [1.54, 1.807) is 0 Å². The van der Waals surface area contributed by atoms with Gasteiger partial charge in [0.15, 0.2) is 0 Å². The first-order chi connectivity index (χ1) is 4.54. The van der Waals surface area contributed by atoms with E-state index < -0.39 is 32.2 Å². The van der Waals surface area contributed by atoms with E-state index in [1.807, 2.05) is 0 Å². The van der Waals surface area contributed by atoms with Crippen molar-refractivity contribution in [3.63, 3.8) is 0 Å². The van der Waals surface area contributed by atoms with Crippen molar-refractivity contribution >= 4 is 6.83 Å². The third-order valence-corrected chi connectivity index (χ3v) is 4.36. The Labute approximate surface area is 58.6 Å². The average Bonchev–Trinajstić information content (AvgIpc) is 2.04. The molecule has 0 aliphatic rings. The molecule has 0 heterocycles. The second kappa shape index (κ2) is 3.09. The summed E-state index contributed by atoms with van der Waals surface area (Å²) in [5.41, 5.74) is 0. The zero-order valence-corrected chi connectivity index (χ0v) is 6.41. The van der Waals surface area contributed by atoms with Gasteiger partial charge in [-0.1, -0.05) is 0 Å². The summed E-state index contributed by atoms with van der Waals surface area (Å²) in [6.45, 7) is -3.93. The van der Waals surface area contributed by atoms with Crippen LogP contribution in [0.4, 0.5) is 0 Å². The van der Waals surface area contributed by atoms with E-state index in [0.717, 1.165) is 0 Å². The van der Waals surface area contributed by atoms with Gasteiger partial charge in [-0.05, 0) is 0 Å². The quantitative estimate of drug-likeness (QED) is 0.323. The van der Waals surface area contributed by atoms with Gasteiger partial charge in [0, 0.05) is 0 Å². The van der Waals surface area contributed by atoms with Crippen LogP contribution >= 0.6 is 6.83 Å². The third kappa shape index (κ3) is 1.63. The SMILES string of the molecule is OCP(O)(CO)(CO)CO. The Morgan fingerprint density at radius 2 is 0.900 bits per heavy atom. The van der Waals surface area contributed by atoms with Crippen LogP contribution in [-0.2, 0) is 0 Å². The van der Waals surface area contributed by atoms with Crippen LogP contribution in [0, 0.1) is 0 Å². The molecule has 0 radical (unpaired) electrons. The van der Waals surface area contributed by atoms with Crippen LogP contribution in [0.2, 0.25) is 0 Å². The van der Waals surface area contributed by atoms with E-state index >= 15 is 0 Å². The second-order valence-corrected chi connectivity index (χ2v) is 7.42. The Hall–Kier alpha value is 0.230. The zero-order valence-electron chi connectivity index (χ0n) is 5.51. The summed E-state index contributed by atoms with van der Waals surface area (Å²) < 4.78 is 0. The molecule has 64 valence electrons. The zero-order chi connectivity index (χ0) is 8.28. The molecular formula is C4H13O5P. The molecule has 0 saturated heterocycles. The first-order valence-electron chi connectivity index (χ1n) is 2.73. The van der Waals surface area contributed by atoms with Crippen LogP contribution in [0.5, 0.6) is 0 Å². The van der Waals surface area contributed by atoms with Crippen LogP contribution in [0.15, 0.2) is 0 Å². The average molecular weight is 172 g/mol. The van der Waals surface area contributed by atoms with Crippen molar-refractivity contribution in [1.82, 2.24) is 0 Å². The fourth-order valence-electron chi connectivity index (χ4n) is 0.268. The van der Waals surface area contributed by atoms with Gasteiger partial charge in [0.25, 0.3) is 0 Å². The van der Waals surface area contributed by atoms with Crippen molar-refractivity contribution in [2.45, 2.75) is 0 Å². The summed E-state index contributed by atoms with van der Waals surface area (Å²) in [6.07, 6.45) is -3.02. The van der Waals surface area contributed by atoms with Gasteiger partial charge in [-0.3, -0.25) is 0 Å². The summed E-state index contributed by atoms with van der Waals surface area (Å²) in [5.74, 6) is 0. The maximum absolute atomic E-state index is 9.34. The molecule has 0 aromatic heterocycles. The van der Waals surface area contributed by atoms with E-state index in [0.29, 0.717) is 0 Å². The number of aliphatic hydroxyl groups is 4. The van der Waals surface area contributed by atoms with Gasteiger partial charge in [-0.25, -0.2) is 0 Å². The summed E-state index contributed by atoms with van der Waals surface area (Å²) in [7, 11) is 0. The predicted molar refractivity (Wildman–Crippen MR) is 37.5 cm³/mol. The number of aliphatic hydroxyl groups excluding tert-OH is 4. The maximum atomic E-state index is 9.34. The van der Waals surface area contributed by atoms with Crippen molar-refractivity contribution < 1.29 is 25.3 Å². The van der Waals surface area contributed by atoms with E-state index in [1.165, 1.54) is 0 Å². The minimum atomic E-state index is -3.93. The van der Waals surface area contributed by atoms with Crippen LogP contribution in [0.3, 0.4) is 0 Å². The molecule has 10 heavy (non-hydrogen) atoms. The molecule has 0 saturated carbocycles. The van der Waals surface area contributed by atoms with Gasteiger partial charge in [-0.2, -0.15) is 0 Å². The van der Waals surface area contributed by atoms with Gasteiger partial charge >= 0.3 is 57.5 Å². The van der Waals surface area contributed by atoms with Crippen molar-refractivity contribution in [2.24, 2.45) is 0 Å². The number of hydrogen-bond donors (Lipinski definition) is 5. The molecule has 0 spiro atoms. The van der Waals surface area contributed by atoms with E-state index in [4.69, 9.17) is 20.4 Å². The topological polar surface area (TPSA) is 101 Å². The van der Waals surface area contributed by atoms with Crippen molar-refractivity contribution in [3.8, 4) is 0 Å². The van der Waals surface area contributed by atoms with E-state index in [9.17, 15) is 4.89 Å². The summed E-state index contributed by atoms with van der Waals surface area (Å²) in [6, 6.07) is 0. The number of hydrogen-bond acceptors (Lipinski definition) is 5. The summed E-state index contributed by atoms with van der Waals surface area (Å²) in [5, 5.41) is 34.3. The molecule has 0 aromatic carbocycles. The van der Waals surface area contributed by atoms with Crippen molar-refractivity contribution in [3.05, 3.63) is 0 Å². The van der Waals surface area contributed by atoms with E-state index in [2.05, 4.69) is 0 Å². The van der Waals surface area contributed by atoms with Gasteiger partial charge in [0.05, 0.1) is 0 Å². The molecule has 0 aromatic rings. The van der Waals surface area contributed by atoms with Crippen LogP contribution in [0.25, 0.3) is 0 Å². The Morgan fingerprint density at radius 3 is 0.900 bits per heavy atom. The standard InChI is InChI=1S/C4H13O5P/c5-1-10(9,2-6,3-7)4-8/h5-9H,1-4H2. The minimum absolute atomic E-state index is 0.755. The van der Waals surface area contributed by atoms with Crippen LogP contribution in [-0.4, -0.2) is 50.7 Å². The molecule has 0 aliphatic carbocycles. The van der Waals surface area contributed by atoms with Gasteiger partial charge < -0.3 is 0 Å². The molecule has 0 bridgehead atoms. The third-order valence-electron chi connectivity index (χ3n) is 1.45. The van der Waals surface area contributed by atoms with Crippen LogP contribution in [0.1, 0.15) is 0 Å². The Balaban J connectivity index is 4.42. The van der Waals surface area contributed by atoms with Gasteiger partial charge in [0.2, 0.25) is 0 Å². The van der Waals surface area contributed by atoms with Gasteiger partial charge in [-0.15, -0.1) is 0 Å². The monoisotopic (exact) mass is 172 g/mol.